The second kappa shape index (κ2) is 7.54. The van der Waals surface area contributed by atoms with Gasteiger partial charge in [-0.2, -0.15) is 14.0 Å². The molecule has 3 aromatic rings. The number of anilines is 1. The van der Waals surface area contributed by atoms with Gasteiger partial charge in [-0.25, -0.2) is 4.98 Å². The van der Waals surface area contributed by atoms with Crippen LogP contribution in [0, 0.1) is 11.3 Å². The van der Waals surface area contributed by atoms with E-state index in [2.05, 4.69) is 4.98 Å². The number of para-hydroxylation sites is 2. The van der Waals surface area contributed by atoms with Crippen LogP contribution in [0.2, 0.25) is 0 Å². The van der Waals surface area contributed by atoms with Crippen molar-refractivity contribution in [3.63, 3.8) is 0 Å². The fourth-order valence-electron chi connectivity index (χ4n) is 2.55. The van der Waals surface area contributed by atoms with E-state index in [1.54, 1.807) is 55.6 Å². The number of halogens is 2. The Morgan fingerprint density at radius 3 is 2.81 bits per heavy atom. The molecular formula is C18H14F2N4OS. The van der Waals surface area contributed by atoms with Crippen LogP contribution in [-0.2, 0) is 11.3 Å². The predicted molar refractivity (Wildman–Crippen MR) is 96.2 cm³/mol. The molecule has 1 heterocycles. The normalized spacial score (nSPS) is 10.9. The number of hydrogen-bond donors (Lipinski definition) is 0. The van der Waals surface area contributed by atoms with E-state index in [-0.39, 0.29) is 17.6 Å². The second-order valence-corrected chi connectivity index (χ2v) is 6.42. The molecule has 0 spiro atoms. The third-order valence-corrected chi connectivity index (χ3v) is 4.54. The molecular weight excluding hydrogens is 358 g/mol. The van der Waals surface area contributed by atoms with Crippen LogP contribution in [0.25, 0.3) is 11.0 Å². The molecule has 0 atom stereocenters. The van der Waals surface area contributed by atoms with Gasteiger partial charge in [-0.1, -0.05) is 18.2 Å². The summed E-state index contributed by atoms with van der Waals surface area (Å²) in [5, 5.41) is 9.08. The maximum Gasteiger partial charge on any atom is 0.291 e. The molecule has 8 heteroatoms. The Kier molecular flexibility index (Phi) is 5.19. The number of benzene rings is 2. The summed E-state index contributed by atoms with van der Waals surface area (Å²) in [4.78, 5) is 18.3. The van der Waals surface area contributed by atoms with E-state index in [0.29, 0.717) is 34.0 Å². The van der Waals surface area contributed by atoms with Crippen LogP contribution in [0.15, 0.2) is 53.7 Å². The van der Waals surface area contributed by atoms with Crippen molar-refractivity contribution in [1.29, 1.82) is 5.26 Å². The third-order valence-electron chi connectivity index (χ3n) is 3.84. The molecule has 5 nitrogen and oxygen atoms in total. The largest absolute Gasteiger partial charge is 0.314 e. The van der Waals surface area contributed by atoms with E-state index in [0.717, 1.165) is 0 Å². The molecule has 3 rings (SSSR count). The molecule has 2 aromatic carbocycles. The molecule has 0 bridgehead atoms. The summed E-state index contributed by atoms with van der Waals surface area (Å²) in [5.41, 5.74) is 2.16. The molecule has 0 aliphatic heterocycles. The van der Waals surface area contributed by atoms with Crippen molar-refractivity contribution in [2.45, 2.75) is 17.5 Å². The minimum absolute atomic E-state index is 0.0914. The zero-order chi connectivity index (χ0) is 18.7. The summed E-state index contributed by atoms with van der Waals surface area (Å²) in [5.74, 6) is -2.94. The van der Waals surface area contributed by atoms with E-state index < -0.39 is 5.76 Å². The smallest absolute Gasteiger partial charge is 0.291 e. The van der Waals surface area contributed by atoms with Crippen LogP contribution in [0.1, 0.15) is 5.56 Å². The number of imidazole rings is 1. The number of amides is 1. The Bertz CT molecular complexity index is 996. The van der Waals surface area contributed by atoms with Crippen molar-refractivity contribution in [3.05, 3.63) is 54.1 Å². The van der Waals surface area contributed by atoms with E-state index in [1.807, 2.05) is 6.07 Å². The number of thioether (sulfide) groups is 1. The van der Waals surface area contributed by atoms with Gasteiger partial charge in [0.2, 0.25) is 5.91 Å². The molecule has 0 radical (unpaired) electrons. The van der Waals surface area contributed by atoms with Gasteiger partial charge in [0.15, 0.2) is 5.16 Å². The SMILES string of the molecule is CN(C(=O)Cn1c(SC(F)F)nc2ccccc21)c1cccc(C#N)c1. The van der Waals surface area contributed by atoms with Gasteiger partial charge in [-0.05, 0) is 42.1 Å². The zero-order valence-electron chi connectivity index (χ0n) is 13.8. The van der Waals surface area contributed by atoms with Crippen LogP contribution in [0.3, 0.4) is 0 Å². The Labute approximate surface area is 152 Å². The number of carbonyl (C=O) groups is 1. The molecule has 0 N–H and O–H groups in total. The number of likely N-dealkylation sites (N-methyl/N-ethyl adjacent to an activating group) is 1. The number of hydrogen-bond acceptors (Lipinski definition) is 4. The van der Waals surface area contributed by atoms with Crippen LogP contribution < -0.4 is 4.90 Å². The fourth-order valence-corrected chi connectivity index (χ4v) is 3.15. The third kappa shape index (κ3) is 3.68. The Morgan fingerprint density at radius 1 is 1.31 bits per heavy atom. The van der Waals surface area contributed by atoms with E-state index in [4.69, 9.17) is 5.26 Å². The second-order valence-electron chi connectivity index (χ2n) is 5.46. The quantitative estimate of drug-likeness (QED) is 0.638. The Balaban J connectivity index is 1.92. The van der Waals surface area contributed by atoms with Gasteiger partial charge >= 0.3 is 0 Å². The highest BCUT2D eigenvalue weighted by molar-refractivity contribution is 7.99. The Hall–Kier alpha value is -2.92. The average molecular weight is 372 g/mol. The molecule has 0 saturated carbocycles. The molecule has 0 unspecified atom stereocenters. The van der Waals surface area contributed by atoms with Crippen molar-refractivity contribution in [1.82, 2.24) is 9.55 Å². The summed E-state index contributed by atoms with van der Waals surface area (Å²) in [7, 11) is 1.58. The summed E-state index contributed by atoms with van der Waals surface area (Å²) in [6.07, 6.45) is 0. The van der Waals surface area contributed by atoms with Crippen molar-refractivity contribution in [2.75, 3.05) is 11.9 Å². The molecule has 0 aliphatic rings. The molecule has 26 heavy (non-hydrogen) atoms. The number of aromatic nitrogens is 2. The molecule has 132 valence electrons. The fraction of sp³-hybridized carbons (Fsp3) is 0.167. The van der Waals surface area contributed by atoms with E-state index >= 15 is 0 Å². The van der Waals surface area contributed by atoms with Crippen LogP contribution in [0.4, 0.5) is 14.5 Å². The standard InChI is InChI=1S/C18H14F2N4OS/c1-23(13-6-4-5-12(9-13)10-21)16(25)11-24-15-8-3-2-7-14(15)22-18(24)26-17(19)20/h2-9,17H,11H2,1H3. The lowest BCUT2D eigenvalue weighted by atomic mass is 10.2. The van der Waals surface area contributed by atoms with Crippen molar-refractivity contribution < 1.29 is 13.6 Å². The molecule has 0 saturated heterocycles. The lowest BCUT2D eigenvalue weighted by Crippen LogP contribution is -2.30. The first-order valence-corrected chi connectivity index (χ1v) is 8.54. The summed E-state index contributed by atoms with van der Waals surface area (Å²) >= 11 is 0.311. The number of fused-ring (bicyclic) bond motifs is 1. The van der Waals surface area contributed by atoms with Gasteiger partial charge in [-0.15, -0.1) is 0 Å². The minimum atomic E-state index is -2.63. The molecule has 1 aromatic heterocycles. The number of alkyl halides is 2. The minimum Gasteiger partial charge on any atom is -0.314 e. The van der Waals surface area contributed by atoms with Crippen molar-refractivity contribution in [3.8, 4) is 6.07 Å². The number of rotatable bonds is 5. The summed E-state index contributed by atoms with van der Waals surface area (Å²) in [6, 6.07) is 15.6. The highest BCUT2D eigenvalue weighted by atomic mass is 32.2. The van der Waals surface area contributed by atoms with Gasteiger partial charge in [0.1, 0.15) is 6.54 Å². The highest BCUT2D eigenvalue weighted by Crippen LogP contribution is 2.28. The van der Waals surface area contributed by atoms with Gasteiger partial charge in [-0.3, -0.25) is 4.79 Å². The summed E-state index contributed by atoms with van der Waals surface area (Å²) < 4.78 is 27.2. The lowest BCUT2D eigenvalue weighted by Gasteiger charge is -2.19. The van der Waals surface area contributed by atoms with Crippen molar-refractivity contribution in [2.24, 2.45) is 0 Å². The van der Waals surface area contributed by atoms with E-state index in [1.165, 1.54) is 9.47 Å². The first kappa shape index (κ1) is 17.9. The molecule has 0 fully saturated rings. The topological polar surface area (TPSA) is 61.9 Å². The van der Waals surface area contributed by atoms with Crippen LogP contribution in [0.5, 0.6) is 0 Å². The van der Waals surface area contributed by atoms with Gasteiger partial charge < -0.3 is 9.47 Å². The predicted octanol–water partition coefficient (Wildman–Crippen LogP) is 3.89. The zero-order valence-corrected chi connectivity index (χ0v) is 14.6. The molecule has 1 amide bonds. The first-order valence-electron chi connectivity index (χ1n) is 7.66. The first-order chi connectivity index (χ1) is 12.5. The Morgan fingerprint density at radius 2 is 2.08 bits per heavy atom. The van der Waals surface area contributed by atoms with Gasteiger partial charge in [0.25, 0.3) is 5.76 Å². The monoisotopic (exact) mass is 372 g/mol. The van der Waals surface area contributed by atoms with Gasteiger partial charge in [0.05, 0.1) is 22.7 Å². The average Bonchev–Trinajstić information content (AvgIpc) is 2.97. The van der Waals surface area contributed by atoms with Gasteiger partial charge in [0, 0.05) is 12.7 Å². The van der Waals surface area contributed by atoms with Crippen LogP contribution >= 0.6 is 11.8 Å². The highest BCUT2D eigenvalue weighted by Gasteiger charge is 2.20. The van der Waals surface area contributed by atoms with Crippen LogP contribution in [-0.4, -0.2) is 28.3 Å². The number of nitrogens with zero attached hydrogens (tertiary/aromatic N) is 4. The van der Waals surface area contributed by atoms with Crippen molar-refractivity contribution >= 4 is 34.4 Å². The maximum absolute atomic E-state index is 12.9. The van der Waals surface area contributed by atoms with E-state index in [9.17, 15) is 13.6 Å². The lowest BCUT2D eigenvalue weighted by molar-refractivity contribution is -0.118. The number of carbonyl (C=O) groups excluding carboxylic acids is 1. The molecule has 0 aliphatic carbocycles. The number of nitriles is 1. The maximum atomic E-state index is 12.9. The summed E-state index contributed by atoms with van der Waals surface area (Å²) in [6.45, 7) is -0.136.